The number of rotatable bonds is 5. The average molecular weight is 263 g/mol. The minimum atomic E-state index is 0.0591. The Balaban J connectivity index is 1.82. The Kier molecular flexibility index (Phi) is 4.49. The molecule has 0 spiro atoms. The van der Waals surface area contributed by atoms with Gasteiger partial charge >= 0.3 is 0 Å². The highest BCUT2D eigenvalue weighted by molar-refractivity contribution is 5.81. The number of methoxy groups -OCH3 is 1. The quantitative estimate of drug-likeness (QED) is 0.871. The highest BCUT2D eigenvalue weighted by Gasteiger charge is 2.13. The van der Waals surface area contributed by atoms with Crippen LogP contribution in [-0.2, 0) is 0 Å². The van der Waals surface area contributed by atoms with Crippen LogP contribution in [0.1, 0.15) is 6.92 Å². The van der Waals surface area contributed by atoms with Crippen LogP contribution >= 0.6 is 0 Å². The molecule has 2 rings (SSSR count). The molecular formula is C14H21N3O2. The van der Waals surface area contributed by atoms with Crippen molar-refractivity contribution < 1.29 is 9.47 Å². The van der Waals surface area contributed by atoms with Gasteiger partial charge in [-0.3, -0.25) is 4.99 Å². The Morgan fingerprint density at radius 2 is 2.21 bits per heavy atom. The first-order chi connectivity index (χ1) is 9.19. The smallest absolute Gasteiger partial charge is 0.193 e. The fourth-order valence-electron chi connectivity index (χ4n) is 1.91. The van der Waals surface area contributed by atoms with Crippen LogP contribution in [0.4, 0.5) is 0 Å². The van der Waals surface area contributed by atoms with E-state index in [1.165, 1.54) is 0 Å². The van der Waals surface area contributed by atoms with Crippen LogP contribution in [0, 0.1) is 0 Å². The van der Waals surface area contributed by atoms with E-state index in [1.807, 2.05) is 38.2 Å². The van der Waals surface area contributed by atoms with E-state index in [1.54, 1.807) is 7.11 Å². The number of hydrogen-bond acceptors (Lipinski definition) is 5. The number of hydrogen-bond donors (Lipinski definition) is 1. The molecule has 1 aliphatic rings. The molecule has 0 aliphatic carbocycles. The molecule has 1 atom stereocenters. The Morgan fingerprint density at radius 3 is 2.89 bits per heavy atom. The van der Waals surface area contributed by atoms with Gasteiger partial charge in [0.2, 0.25) is 0 Å². The molecule has 0 fully saturated rings. The Hall–Kier alpha value is -1.91. The molecule has 1 aromatic rings. The van der Waals surface area contributed by atoms with Crippen molar-refractivity contribution in [1.82, 2.24) is 10.2 Å². The van der Waals surface area contributed by atoms with Crippen molar-refractivity contribution in [2.45, 2.75) is 13.0 Å². The highest BCUT2D eigenvalue weighted by Crippen LogP contribution is 2.19. The first-order valence-electron chi connectivity index (χ1n) is 6.49. The average Bonchev–Trinajstić information content (AvgIpc) is 2.82. The normalized spacial score (nSPS) is 15.9. The van der Waals surface area contributed by atoms with Gasteiger partial charge < -0.3 is 19.7 Å². The molecule has 0 radical (unpaired) electrons. The molecule has 104 valence electrons. The zero-order chi connectivity index (χ0) is 13.7. The third kappa shape index (κ3) is 3.77. The number of aliphatic imine (C=N–C) groups is 1. The molecule has 0 saturated heterocycles. The van der Waals surface area contributed by atoms with Gasteiger partial charge in [0.15, 0.2) is 5.96 Å². The van der Waals surface area contributed by atoms with Gasteiger partial charge in [0.25, 0.3) is 0 Å². The lowest BCUT2D eigenvalue weighted by atomic mass is 10.3. The molecule has 1 unspecified atom stereocenters. The maximum atomic E-state index is 5.84. The Morgan fingerprint density at radius 1 is 1.42 bits per heavy atom. The summed E-state index contributed by atoms with van der Waals surface area (Å²) in [6.45, 7) is 4.60. The van der Waals surface area contributed by atoms with E-state index in [2.05, 4.69) is 15.2 Å². The maximum Gasteiger partial charge on any atom is 0.193 e. The molecular weight excluding hydrogens is 242 g/mol. The largest absolute Gasteiger partial charge is 0.497 e. The van der Waals surface area contributed by atoms with Crippen molar-refractivity contribution in [3.63, 3.8) is 0 Å². The van der Waals surface area contributed by atoms with Crippen LogP contribution in [0.2, 0.25) is 0 Å². The van der Waals surface area contributed by atoms with Gasteiger partial charge in [0.1, 0.15) is 17.6 Å². The second kappa shape index (κ2) is 6.31. The number of likely N-dealkylation sites (N-methyl/N-ethyl adjacent to an activating group) is 1. The van der Waals surface area contributed by atoms with Crippen molar-refractivity contribution in [2.24, 2.45) is 4.99 Å². The zero-order valence-electron chi connectivity index (χ0n) is 11.7. The summed E-state index contributed by atoms with van der Waals surface area (Å²) in [5.74, 6) is 2.56. The van der Waals surface area contributed by atoms with Gasteiger partial charge in [-0.05, 0) is 19.1 Å². The Labute approximate surface area is 114 Å². The topological polar surface area (TPSA) is 46.1 Å². The van der Waals surface area contributed by atoms with Gasteiger partial charge in [-0.25, -0.2) is 0 Å². The van der Waals surface area contributed by atoms with Crippen LogP contribution in [0.25, 0.3) is 0 Å². The fourth-order valence-corrected chi connectivity index (χ4v) is 1.91. The van der Waals surface area contributed by atoms with Crippen LogP contribution in [0.3, 0.4) is 0 Å². The van der Waals surface area contributed by atoms with Crippen molar-refractivity contribution in [2.75, 3.05) is 33.8 Å². The summed E-state index contributed by atoms with van der Waals surface area (Å²) < 4.78 is 11.0. The molecule has 0 amide bonds. The van der Waals surface area contributed by atoms with Crippen LogP contribution in [-0.4, -0.2) is 50.8 Å². The molecule has 19 heavy (non-hydrogen) atoms. The maximum absolute atomic E-state index is 5.84. The number of ether oxygens (including phenoxy) is 2. The second-order valence-corrected chi connectivity index (χ2v) is 4.62. The molecule has 1 N–H and O–H groups in total. The lowest BCUT2D eigenvalue weighted by Crippen LogP contribution is -2.40. The standard InChI is InChI=1S/C14H21N3O2/c1-11(10-16-14-15-7-8-17(14)2)19-13-6-4-5-12(9-13)18-3/h4-6,9,11H,7-8,10H2,1-3H3,(H,15,16). The molecule has 0 saturated carbocycles. The van der Waals surface area contributed by atoms with E-state index in [0.717, 1.165) is 37.1 Å². The third-order valence-electron chi connectivity index (χ3n) is 2.98. The molecule has 0 bridgehead atoms. The summed E-state index contributed by atoms with van der Waals surface area (Å²) in [6, 6.07) is 7.63. The number of guanidine groups is 1. The lowest BCUT2D eigenvalue weighted by Gasteiger charge is -2.19. The van der Waals surface area contributed by atoms with E-state index >= 15 is 0 Å². The van der Waals surface area contributed by atoms with Crippen molar-refractivity contribution in [1.29, 1.82) is 0 Å². The predicted octanol–water partition coefficient (Wildman–Crippen LogP) is 1.35. The van der Waals surface area contributed by atoms with Gasteiger partial charge in [0.05, 0.1) is 20.2 Å². The second-order valence-electron chi connectivity index (χ2n) is 4.62. The third-order valence-corrected chi connectivity index (χ3v) is 2.98. The zero-order valence-corrected chi connectivity index (χ0v) is 11.7. The molecule has 5 nitrogen and oxygen atoms in total. The van der Waals surface area contributed by atoms with E-state index in [0.29, 0.717) is 0 Å². The van der Waals surface area contributed by atoms with Gasteiger partial charge in [-0.15, -0.1) is 0 Å². The van der Waals surface area contributed by atoms with Crippen molar-refractivity contribution in [3.05, 3.63) is 24.3 Å². The molecule has 5 heteroatoms. The van der Waals surface area contributed by atoms with E-state index < -0.39 is 0 Å². The monoisotopic (exact) mass is 263 g/mol. The number of nitrogens with one attached hydrogen (secondary N) is 1. The summed E-state index contributed by atoms with van der Waals surface area (Å²) in [5.41, 5.74) is 0. The molecule has 1 aliphatic heterocycles. The number of benzene rings is 1. The summed E-state index contributed by atoms with van der Waals surface area (Å²) in [5, 5.41) is 3.30. The van der Waals surface area contributed by atoms with E-state index in [4.69, 9.17) is 9.47 Å². The number of nitrogens with zero attached hydrogens (tertiary/aromatic N) is 2. The summed E-state index contributed by atoms with van der Waals surface area (Å²) in [4.78, 5) is 6.49. The van der Waals surface area contributed by atoms with E-state index in [-0.39, 0.29) is 6.10 Å². The van der Waals surface area contributed by atoms with Crippen LogP contribution in [0.5, 0.6) is 11.5 Å². The first kappa shape index (κ1) is 13.5. The van der Waals surface area contributed by atoms with Crippen LogP contribution in [0.15, 0.2) is 29.3 Å². The first-order valence-corrected chi connectivity index (χ1v) is 6.49. The van der Waals surface area contributed by atoms with Gasteiger partial charge in [-0.1, -0.05) is 6.07 Å². The van der Waals surface area contributed by atoms with Crippen molar-refractivity contribution >= 4 is 5.96 Å². The SMILES string of the molecule is COc1cccc(OC(C)CNC2=NCCN2C)c1. The highest BCUT2D eigenvalue weighted by atomic mass is 16.5. The summed E-state index contributed by atoms with van der Waals surface area (Å²) >= 11 is 0. The van der Waals surface area contributed by atoms with E-state index in [9.17, 15) is 0 Å². The van der Waals surface area contributed by atoms with Crippen molar-refractivity contribution in [3.8, 4) is 11.5 Å². The minimum absolute atomic E-state index is 0.0591. The van der Waals surface area contributed by atoms with Gasteiger partial charge in [-0.2, -0.15) is 0 Å². The van der Waals surface area contributed by atoms with Gasteiger partial charge in [0, 0.05) is 19.7 Å². The molecule has 0 aromatic heterocycles. The fraction of sp³-hybridized carbons (Fsp3) is 0.500. The predicted molar refractivity (Wildman–Crippen MR) is 76.0 cm³/mol. The minimum Gasteiger partial charge on any atom is -0.497 e. The Bertz CT molecular complexity index is 448. The summed E-state index contributed by atoms with van der Waals surface area (Å²) in [6.07, 6.45) is 0.0591. The lowest BCUT2D eigenvalue weighted by molar-refractivity contribution is 0.222. The van der Waals surface area contributed by atoms with Crippen LogP contribution < -0.4 is 14.8 Å². The molecule has 1 heterocycles. The molecule has 1 aromatic carbocycles. The summed E-state index contributed by atoms with van der Waals surface area (Å²) in [7, 11) is 3.69.